The average Bonchev–Trinajstić information content (AvgIpc) is 3.44. The van der Waals surface area contributed by atoms with Crippen LogP contribution in [-0.2, 0) is 11.4 Å². The molecule has 0 unspecified atom stereocenters. The van der Waals surface area contributed by atoms with Crippen LogP contribution >= 0.6 is 11.3 Å². The van der Waals surface area contributed by atoms with Gasteiger partial charge in [0.1, 0.15) is 23.1 Å². The van der Waals surface area contributed by atoms with E-state index >= 15 is 0 Å². The molecule has 5 nitrogen and oxygen atoms in total. The van der Waals surface area contributed by atoms with Crippen molar-refractivity contribution in [2.45, 2.75) is 13.5 Å². The highest BCUT2D eigenvalue weighted by molar-refractivity contribution is 7.15. The Morgan fingerprint density at radius 2 is 1.41 bits per heavy atom. The number of fused-ring (bicyclic) bond motifs is 1. The predicted molar refractivity (Wildman–Crippen MR) is 165 cm³/mol. The van der Waals surface area contributed by atoms with Gasteiger partial charge in [-0.3, -0.25) is 0 Å². The Morgan fingerprint density at radius 1 is 0.732 bits per heavy atom. The van der Waals surface area contributed by atoms with Crippen molar-refractivity contribution in [1.82, 2.24) is 4.98 Å². The van der Waals surface area contributed by atoms with Gasteiger partial charge in [0.25, 0.3) is 0 Å². The Bertz CT molecular complexity index is 1830. The van der Waals surface area contributed by atoms with Crippen molar-refractivity contribution in [2.75, 3.05) is 6.61 Å². The second-order valence-corrected chi connectivity index (χ2v) is 10.8. The van der Waals surface area contributed by atoms with Crippen molar-refractivity contribution in [2.24, 2.45) is 0 Å². The second-order valence-electron chi connectivity index (χ2n) is 9.69. The lowest BCUT2D eigenvalue weighted by molar-refractivity contribution is -0.139. The number of aromatic nitrogens is 1. The third-order valence-electron chi connectivity index (χ3n) is 6.81. The largest absolute Gasteiger partial charge is 0.486 e. The quantitative estimate of drug-likeness (QED) is 0.193. The number of hydrogen-bond donors (Lipinski definition) is 1. The molecule has 202 valence electrons. The number of hydrogen-bond acceptors (Lipinski definition) is 5. The number of aliphatic carboxylic acids is 1. The lowest BCUT2D eigenvalue weighted by Crippen LogP contribution is -2.10. The van der Waals surface area contributed by atoms with Crippen LogP contribution < -0.4 is 9.47 Å². The van der Waals surface area contributed by atoms with Crippen molar-refractivity contribution in [3.8, 4) is 44.3 Å². The van der Waals surface area contributed by atoms with Gasteiger partial charge in [0.15, 0.2) is 6.61 Å². The number of benzene rings is 5. The van der Waals surface area contributed by atoms with Gasteiger partial charge in [0, 0.05) is 5.56 Å². The third kappa shape index (κ3) is 5.98. The summed E-state index contributed by atoms with van der Waals surface area (Å²) in [5, 5.41) is 12.1. The Labute approximate surface area is 242 Å². The highest BCUT2D eigenvalue weighted by Gasteiger charge is 2.17. The smallest absolute Gasteiger partial charge is 0.341 e. The summed E-state index contributed by atoms with van der Waals surface area (Å²) in [6.45, 7) is 1.79. The van der Waals surface area contributed by atoms with Crippen LogP contribution in [0.2, 0.25) is 0 Å². The first-order valence-corrected chi connectivity index (χ1v) is 14.1. The summed E-state index contributed by atoms with van der Waals surface area (Å²) in [5.41, 5.74) is 6.25. The van der Waals surface area contributed by atoms with Crippen LogP contribution in [0.25, 0.3) is 43.6 Å². The number of thiazole rings is 1. The van der Waals surface area contributed by atoms with Gasteiger partial charge >= 0.3 is 5.97 Å². The summed E-state index contributed by atoms with van der Waals surface area (Å²) in [4.78, 5) is 17.0. The summed E-state index contributed by atoms with van der Waals surface area (Å²) < 4.78 is 11.5. The van der Waals surface area contributed by atoms with Crippen molar-refractivity contribution in [3.05, 3.63) is 126 Å². The van der Waals surface area contributed by atoms with Crippen LogP contribution in [0.5, 0.6) is 11.5 Å². The first-order valence-electron chi connectivity index (χ1n) is 13.3. The average molecular weight is 558 g/mol. The molecule has 0 aliphatic heterocycles. The third-order valence-corrected chi connectivity index (χ3v) is 7.89. The molecule has 0 saturated carbocycles. The number of nitrogens with zero attached hydrogens (tertiary/aromatic N) is 1. The minimum absolute atomic E-state index is 0.308. The maximum absolute atomic E-state index is 10.8. The summed E-state index contributed by atoms with van der Waals surface area (Å²) >= 11 is 1.63. The van der Waals surface area contributed by atoms with Gasteiger partial charge in [-0.2, -0.15) is 0 Å². The molecule has 0 fully saturated rings. The van der Waals surface area contributed by atoms with Gasteiger partial charge < -0.3 is 14.6 Å². The van der Waals surface area contributed by atoms with Crippen LogP contribution in [0.15, 0.2) is 115 Å². The normalized spacial score (nSPS) is 11.0. The number of aryl methyl sites for hydroxylation is 1. The molecule has 0 bridgehead atoms. The SMILES string of the molecule is Cc1cc(OCc2nc(-c3ccc4ccccc4c3)c(-c3ccc(-c4ccccc4)cc3)s2)ccc1OCC(=O)O. The molecule has 0 atom stereocenters. The summed E-state index contributed by atoms with van der Waals surface area (Å²) in [6.07, 6.45) is 0. The molecule has 0 aliphatic carbocycles. The molecular formula is C35H27NO4S. The molecule has 1 heterocycles. The molecule has 6 aromatic rings. The summed E-state index contributed by atoms with van der Waals surface area (Å²) in [5.74, 6) is 0.177. The molecule has 5 aromatic carbocycles. The van der Waals surface area contributed by atoms with E-state index in [1.165, 1.54) is 21.9 Å². The maximum atomic E-state index is 10.8. The Kier molecular flexibility index (Phi) is 7.48. The molecule has 41 heavy (non-hydrogen) atoms. The molecule has 6 rings (SSSR count). The van der Waals surface area contributed by atoms with E-state index < -0.39 is 5.97 Å². The minimum atomic E-state index is -1.01. The Hall–Kier alpha value is -4.94. The monoisotopic (exact) mass is 557 g/mol. The van der Waals surface area contributed by atoms with E-state index in [4.69, 9.17) is 19.6 Å². The van der Waals surface area contributed by atoms with Gasteiger partial charge in [-0.1, -0.05) is 91.0 Å². The van der Waals surface area contributed by atoms with Crippen LogP contribution in [-0.4, -0.2) is 22.7 Å². The minimum Gasteiger partial charge on any atom is -0.486 e. The zero-order valence-electron chi connectivity index (χ0n) is 22.4. The van der Waals surface area contributed by atoms with Crippen LogP contribution in [0, 0.1) is 6.92 Å². The zero-order valence-corrected chi connectivity index (χ0v) is 23.2. The molecule has 0 spiro atoms. The Balaban J connectivity index is 1.31. The first kappa shape index (κ1) is 26.3. The van der Waals surface area contributed by atoms with Gasteiger partial charge in [-0.15, -0.1) is 11.3 Å². The molecule has 0 amide bonds. The van der Waals surface area contributed by atoms with Crippen molar-refractivity contribution < 1.29 is 19.4 Å². The van der Waals surface area contributed by atoms with Crippen LogP contribution in [0.1, 0.15) is 10.6 Å². The summed E-state index contributed by atoms with van der Waals surface area (Å²) in [7, 11) is 0. The fourth-order valence-electron chi connectivity index (χ4n) is 4.76. The van der Waals surface area contributed by atoms with E-state index in [1.54, 1.807) is 23.5 Å². The van der Waals surface area contributed by atoms with Crippen molar-refractivity contribution >= 4 is 28.1 Å². The van der Waals surface area contributed by atoms with Crippen molar-refractivity contribution in [3.63, 3.8) is 0 Å². The van der Waals surface area contributed by atoms with Gasteiger partial charge in [-0.05, 0) is 64.2 Å². The van der Waals surface area contributed by atoms with Crippen molar-refractivity contribution in [1.29, 1.82) is 0 Å². The Morgan fingerprint density at radius 3 is 2.17 bits per heavy atom. The summed E-state index contributed by atoms with van der Waals surface area (Å²) in [6, 6.07) is 39.1. The lowest BCUT2D eigenvalue weighted by atomic mass is 10.0. The number of rotatable bonds is 9. The molecule has 1 N–H and O–H groups in total. The van der Waals surface area contributed by atoms with E-state index in [2.05, 4.69) is 84.9 Å². The predicted octanol–water partition coefficient (Wildman–Crippen LogP) is 8.65. The van der Waals surface area contributed by atoms with E-state index in [0.717, 1.165) is 32.3 Å². The standard InChI is InChI=1S/C35H27NO4S/c1-23-19-30(17-18-31(23)40-22-33(37)38)39-21-32-36-34(29-16-13-25-9-5-6-10-28(25)20-29)35(41-32)27-14-11-26(12-15-27)24-7-3-2-4-8-24/h2-20H,21-22H2,1H3,(H,37,38). The molecule has 6 heteroatoms. The van der Waals surface area contributed by atoms with Crippen LogP contribution in [0.3, 0.4) is 0 Å². The van der Waals surface area contributed by atoms with E-state index in [1.807, 2.05) is 25.1 Å². The highest BCUT2D eigenvalue weighted by Crippen LogP contribution is 2.39. The molecule has 0 aliphatic rings. The number of carboxylic acids is 1. The van der Waals surface area contributed by atoms with E-state index in [9.17, 15) is 4.79 Å². The fourth-order valence-corrected chi connectivity index (χ4v) is 5.76. The number of carboxylic acid groups (broad SMARTS) is 1. The topological polar surface area (TPSA) is 68.7 Å². The van der Waals surface area contributed by atoms with E-state index in [0.29, 0.717) is 18.1 Å². The highest BCUT2D eigenvalue weighted by atomic mass is 32.1. The van der Waals surface area contributed by atoms with E-state index in [-0.39, 0.29) is 6.61 Å². The number of ether oxygens (including phenoxy) is 2. The second kappa shape index (κ2) is 11.7. The maximum Gasteiger partial charge on any atom is 0.341 e. The number of carbonyl (C=O) groups is 1. The van der Waals surface area contributed by atoms with Gasteiger partial charge in [0.05, 0.1) is 10.6 Å². The molecular weight excluding hydrogens is 530 g/mol. The lowest BCUT2D eigenvalue weighted by Gasteiger charge is -2.09. The van der Waals surface area contributed by atoms with Crippen LogP contribution in [0.4, 0.5) is 0 Å². The van der Waals surface area contributed by atoms with Gasteiger partial charge in [0.2, 0.25) is 0 Å². The molecule has 0 saturated heterocycles. The molecule has 0 radical (unpaired) electrons. The fraction of sp³-hybridized carbons (Fsp3) is 0.0857. The first-order chi connectivity index (χ1) is 20.0. The zero-order chi connectivity index (χ0) is 28.2. The molecule has 1 aromatic heterocycles. The van der Waals surface area contributed by atoms with Gasteiger partial charge in [-0.25, -0.2) is 9.78 Å².